The fourth-order valence-corrected chi connectivity index (χ4v) is 3.38. The molecule has 0 saturated carbocycles. The minimum atomic E-state index is 0.782. The zero-order chi connectivity index (χ0) is 17.9. The van der Waals surface area contributed by atoms with E-state index in [9.17, 15) is 0 Å². The number of aryl methyl sites for hydroxylation is 2. The average molecular weight is 345 g/mol. The van der Waals surface area contributed by atoms with E-state index >= 15 is 0 Å². The van der Waals surface area contributed by atoms with Crippen LogP contribution in [0.25, 0.3) is 11.4 Å². The van der Waals surface area contributed by atoms with Gasteiger partial charge in [0, 0.05) is 44.1 Å². The predicted molar refractivity (Wildman–Crippen MR) is 106 cm³/mol. The van der Waals surface area contributed by atoms with Crippen LogP contribution in [0.3, 0.4) is 0 Å². The second-order valence-electron chi connectivity index (χ2n) is 6.69. The van der Waals surface area contributed by atoms with Gasteiger partial charge in [-0.2, -0.15) is 0 Å². The molecule has 3 aromatic rings. The first-order valence-corrected chi connectivity index (χ1v) is 9.03. The molecule has 3 heterocycles. The minimum absolute atomic E-state index is 0.782. The monoisotopic (exact) mass is 345 g/mol. The summed E-state index contributed by atoms with van der Waals surface area (Å²) in [5.74, 6) is 1.77. The number of benzene rings is 1. The third kappa shape index (κ3) is 3.52. The Labute approximate surface area is 154 Å². The summed E-state index contributed by atoms with van der Waals surface area (Å²) in [5.41, 5.74) is 4.38. The van der Waals surface area contributed by atoms with Crippen LogP contribution in [0.5, 0.6) is 0 Å². The lowest BCUT2D eigenvalue weighted by atomic mass is 10.2. The van der Waals surface area contributed by atoms with E-state index in [0.717, 1.165) is 49.2 Å². The van der Waals surface area contributed by atoms with Crippen molar-refractivity contribution in [2.45, 2.75) is 13.8 Å². The molecular formula is C21H23N5. The molecule has 0 unspecified atom stereocenters. The largest absolute Gasteiger partial charge is 0.368 e. The highest BCUT2D eigenvalue weighted by atomic mass is 15.3. The van der Waals surface area contributed by atoms with Crippen LogP contribution in [0.15, 0.2) is 54.7 Å². The molecule has 0 atom stereocenters. The molecule has 5 heteroatoms. The second-order valence-corrected chi connectivity index (χ2v) is 6.69. The molecule has 5 nitrogen and oxygen atoms in total. The first-order valence-electron chi connectivity index (χ1n) is 9.03. The first-order chi connectivity index (χ1) is 12.7. The molecular weight excluding hydrogens is 322 g/mol. The average Bonchev–Trinajstić information content (AvgIpc) is 2.68. The maximum Gasteiger partial charge on any atom is 0.133 e. The highest BCUT2D eigenvalue weighted by molar-refractivity contribution is 5.60. The van der Waals surface area contributed by atoms with Gasteiger partial charge in [-0.05, 0) is 43.7 Å². The van der Waals surface area contributed by atoms with Gasteiger partial charge in [-0.3, -0.25) is 4.98 Å². The Morgan fingerprint density at radius 1 is 0.769 bits per heavy atom. The van der Waals surface area contributed by atoms with Crippen molar-refractivity contribution in [3.05, 3.63) is 66.1 Å². The van der Waals surface area contributed by atoms with Crippen molar-refractivity contribution in [3.8, 4) is 11.4 Å². The lowest BCUT2D eigenvalue weighted by Gasteiger charge is -2.37. The van der Waals surface area contributed by atoms with Crippen LogP contribution in [-0.2, 0) is 0 Å². The minimum Gasteiger partial charge on any atom is -0.368 e. The van der Waals surface area contributed by atoms with Crippen molar-refractivity contribution in [2.24, 2.45) is 0 Å². The number of hydrogen-bond donors (Lipinski definition) is 0. The standard InChI is InChI=1S/C21H23N5/c1-16-6-5-7-18(14-16)25-10-12-26(13-11-25)21-15-20(23-17(2)24-21)19-8-3-4-9-22-19/h3-9,14-15H,10-13H2,1-2H3. The van der Waals surface area contributed by atoms with Crippen molar-refractivity contribution < 1.29 is 0 Å². The van der Waals surface area contributed by atoms with Gasteiger partial charge in [0.25, 0.3) is 0 Å². The van der Waals surface area contributed by atoms with E-state index in [-0.39, 0.29) is 0 Å². The maximum absolute atomic E-state index is 4.66. The number of pyridine rings is 1. The molecule has 132 valence electrons. The number of hydrogen-bond acceptors (Lipinski definition) is 5. The Balaban J connectivity index is 1.52. The molecule has 0 bridgehead atoms. The summed E-state index contributed by atoms with van der Waals surface area (Å²) in [5, 5.41) is 0. The van der Waals surface area contributed by atoms with E-state index in [2.05, 4.69) is 62.0 Å². The third-order valence-corrected chi connectivity index (χ3v) is 4.72. The van der Waals surface area contributed by atoms with Gasteiger partial charge in [0.2, 0.25) is 0 Å². The molecule has 0 N–H and O–H groups in total. The fraction of sp³-hybridized carbons (Fsp3) is 0.286. The third-order valence-electron chi connectivity index (χ3n) is 4.72. The Hall–Kier alpha value is -2.95. The molecule has 1 saturated heterocycles. The molecule has 0 amide bonds. The quantitative estimate of drug-likeness (QED) is 0.727. The van der Waals surface area contributed by atoms with Crippen molar-refractivity contribution >= 4 is 11.5 Å². The Morgan fingerprint density at radius 3 is 2.31 bits per heavy atom. The van der Waals surface area contributed by atoms with Crippen molar-refractivity contribution in [1.29, 1.82) is 0 Å². The van der Waals surface area contributed by atoms with E-state index in [1.807, 2.05) is 25.1 Å². The van der Waals surface area contributed by atoms with Crippen LogP contribution in [0, 0.1) is 13.8 Å². The van der Waals surface area contributed by atoms with E-state index in [0.29, 0.717) is 0 Å². The molecule has 1 aliphatic rings. The summed E-state index contributed by atoms with van der Waals surface area (Å²) < 4.78 is 0. The summed E-state index contributed by atoms with van der Waals surface area (Å²) in [6.45, 7) is 7.97. The zero-order valence-electron chi connectivity index (χ0n) is 15.3. The molecule has 0 spiro atoms. The SMILES string of the molecule is Cc1cccc(N2CCN(c3cc(-c4ccccn4)nc(C)n3)CC2)c1. The van der Waals surface area contributed by atoms with E-state index in [4.69, 9.17) is 0 Å². The Kier molecular flexibility index (Phi) is 4.52. The summed E-state index contributed by atoms with van der Waals surface area (Å²) in [4.78, 5) is 18.4. The molecule has 1 aromatic carbocycles. The predicted octanol–water partition coefficient (Wildman–Crippen LogP) is 3.48. The highest BCUT2D eigenvalue weighted by Crippen LogP contribution is 2.23. The number of anilines is 2. The summed E-state index contributed by atoms with van der Waals surface area (Å²) in [7, 11) is 0. The molecule has 1 fully saturated rings. The van der Waals surface area contributed by atoms with Crippen LogP contribution in [0.2, 0.25) is 0 Å². The molecule has 4 rings (SSSR count). The lowest BCUT2D eigenvalue weighted by Crippen LogP contribution is -2.47. The Morgan fingerprint density at radius 2 is 1.58 bits per heavy atom. The van der Waals surface area contributed by atoms with Gasteiger partial charge in [0.05, 0.1) is 11.4 Å². The van der Waals surface area contributed by atoms with Crippen molar-refractivity contribution in [2.75, 3.05) is 36.0 Å². The van der Waals surface area contributed by atoms with Crippen LogP contribution in [-0.4, -0.2) is 41.1 Å². The van der Waals surface area contributed by atoms with Crippen LogP contribution in [0.1, 0.15) is 11.4 Å². The van der Waals surface area contributed by atoms with Gasteiger partial charge in [-0.1, -0.05) is 18.2 Å². The number of aromatic nitrogens is 3. The van der Waals surface area contributed by atoms with Gasteiger partial charge in [-0.25, -0.2) is 9.97 Å². The molecule has 2 aromatic heterocycles. The zero-order valence-corrected chi connectivity index (χ0v) is 15.3. The van der Waals surface area contributed by atoms with Gasteiger partial charge in [-0.15, -0.1) is 0 Å². The van der Waals surface area contributed by atoms with Gasteiger partial charge in [0.1, 0.15) is 11.6 Å². The number of rotatable bonds is 3. The molecule has 26 heavy (non-hydrogen) atoms. The van der Waals surface area contributed by atoms with Gasteiger partial charge < -0.3 is 9.80 Å². The number of nitrogens with zero attached hydrogens (tertiary/aromatic N) is 5. The Bertz CT molecular complexity index is 886. The normalized spacial score (nSPS) is 14.5. The molecule has 0 radical (unpaired) electrons. The van der Waals surface area contributed by atoms with Crippen LogP contribution >= 0.6 is 0 Å². The van der Waals surface area contributed by atoms with Gasteiger partial charge >= 0.3 is 0 Å². The smallest absolute Gasteiger partial charge is 0.133 e. The van der Waals surface area contributed by atoms with E-state index < -0.39 is 0 Å². The van der Waals surface area contributed by atoms with Gasteiger partial charge in [0.15, 0.2) is 0 Å². The summed E-state index contributed by atoms with van der Waals surface area (Å²) in [6.07, 6.45) is 1.80. The maximum atomic E-state index is 4.66. The fourth-order valence-electron chi connectivity index (χ4n) is 3.38. The lowest BCUT2D eigenvalue weighted by molar-refractivity contribution is 0.646. The summed E-state index contributed by atoms with van der Waals surface area (Å²) >= 11 is 0. The van der Waals surface area contributed by atoms with Crippen molar-refractivity contribution in [3.63, 3.8) is 0 Å². The molecule has 1 aliphatic heterocycles. The topological polar surface area (TPSA) is 45.2 Å². The van der Waals surface area contributed by atoms with Crippen molar-refractivity contribution in [1.82, 2.24) is 15.0 Å². The highest BCUT2D eigenvalue weighted by Gasteiger charge is 2.19. The van der Waals surface area contributed by atoms with E-state index in [1.54, 1.807) is 6.20 Å². The molecule has 0 aliphatic carbocycles. The first kappa shape index (κ1) is 16.5. The van der Waals surface area contributed by atoms with Crippen LogP contribution < -0.4 is 9.80 Å². The van der Waals surface area contributed by atoms with Crippen LogP contribution in [0.4, 0.5) is 11.5 Å². The second kappa shape index (κ2) is 7.12. The number of piperazine rings is 1. The summed E-state index contributed by atoms with van der Waals surface area (Å²) in [6, 6.07) is 16.7. The van der Waals surface area contributed by atoms with E-state index in [1.165, 1.54) is 11.3 Å².